The van der Waals surface area contributed by atoms with E-state index in [-0.39, 0.29) is 0 Å². The third-order valence-electron chi connectivity index (χ3n) is 4.41. The lowest BCUT2D eigenvalue weighted by molar-refractivity contribution is 0.309. The van der Waals surface area contributed by atoms with Gasteiger partial charge in [-0.1, -0.05) is 19.8 Å². The van der Waals surface area contributed by atoms with Crippen molar-refractivity contribution in [2.75, 3.05) is 19.5 Å². The Kier molecular flexibility index (Phi) is 5.89. The van der Waals surface area contributed by atoms with Crippen LogP contribution in [0.2, 0.25) is 0 Å². The molecule has 1 aromatic rings. The Balaban J connectivity index is 2.04. The quantitative estimate of drug-likeness (QED) is 0.824. The smallest absolute Gasteiger partial charge is 0.171 e. The minimum Gasteiger partial charge on any atom is -0.493 e. The van der Waals surface area contributed by atoms with Gasteiger partial charge in [-0.05, 0) is 49.5 Å². The van der Waals surface area contributed by atoms with Crippen molar-refractivity contribution in [3.05, 3.63) is 17.7 Å². The lowest BCUT2D eigenvalue weighted by Crippen LogP contribution is -2.43. The average Bonchev–Trinajstić information content (AvgIpc) is 2.51. The lowest BCUT2D eigenvalue weighted by Gasteiger charge is -2.30. The van der Waals surface area contributed by atoms with Crippen LogP contribution in [0.15, 0.2) is 12.1 Å². The summed E-state index contributed by atoms with van der Waals surface area (Å²) < 4.78 is 10.7. The summed E-state index contributed by atoms with van der Waals surface area (Å²) in [6, 6.07) is 4.34. The molecule has 22 heavy (non-hydrogen) atoms. The molecular formula is C17H26N2O2S. The molecule has 2 N–H and O–H groups in total. The largest absolute Gasteiger partial charge is 0.493 e. The van der Waals surface area contributed by atoms with Crippen molar-refractivity contribution in [2.24, 2.45) is 5.92 Å². The molecule has 0 bridgehead atoms. The summed E-state index contributed by atoms with van der Waals surface area (Å²) in [6.07, 6.45) is 5.07. The summed E-state index contributed by atoms with van der Waals surface area (Å²) in [4.78, 5) is 0. The van der Waals surface area contributed by atoms with Gasteiger partial charge >= 0.3 is 0 Å². The van der Waals surface area contributed by atoms with Crippen LogP contribution in [0.3, 0.4) is 0 Å². The molecule has 1 fully saturated rings. The molecule has 0 amide bonds. The second-order valence-electron chi connectivity index (χ2n) is 5.99. The highest BCUT2D eigenvalue weighted by Crippen LogP contribution is 2.33. The number of hydrogen-bond acceptors (Lipinski definition) is 3. The monoisotopic (exact) mass is 322 g/mol. The number of aryl methyl sites for hydroxylation is 1. The van der Waals surface area contributed by atoms with E-state index in [0.29, 0.717) is 22.8 Å². The van der Waals surface area contributed by atoms with Gasteiger partial charge in [0.1, 0.15) is 0 Å². The van der Waals surface area contributed by atoms with Crippen LogP contribution in [0.4, 0.5) is 5.69 Å². The molecular weight excluding hydrogens is 296 g/mol. The molecule has 2 atom stereocenters. The number of methoxy groups -OCH3 is 2. The molecule has 2 rings (SSSR count). The third kappa shape index (κ3) is 4.03. The summed E-state index contributed by atoms with van der Waals surface area (Å²) in [5.41, 5.74) is 2.01. The van der Waals surface area contributed by atoms with Crippen molar-refractivity contribution in [3.8, 4) is 11.5 Å². The SMILES string of the molecule is COc1cc(C)c(NC(=S)N[C@H]2CCCC[C@H]2C)cc1OC. The molecule has 0 heterocycles. The highest BCUT2D eigenvalue weighted by molar-refractivity contribution is 7.80. The van der Waals surface area contributed by atoms with Crippen LogP contribution >= 0.6 is 12.2 Å². The van der Waals surface area contributed by atoms with Crippen molar-refractivity contribution < 1.29 is 9.47 Å². The zero-order valence-corrected chi connectivity index (χ0v) is 14.7. The molecule has 1 aromatic carbocycles. The molecule has 1 aliphatic rings. The molecule has 1 saturated carbocycles. The first-order valence-electron chi connectivity index (χ1n) is 7.85. The van der Waals surface area contributed by atoms with Gasteiger partial charge in [-0.3, -0.25) is 0 Å². The van der Waals surface area contributed by atoms with Crippen LogP contribution < -0.4 is 20.1 Å². The van der Waals surface area contributed by atoms with E-state index >= 15 is 0 Å². The predicted molar refractivity (Wildman–Crippen MR) is 95.1 cm³/mol. The minimum absolute atomic E-state index is 0.467. The summed E-state index contributed by atoms with van der Waals surface area (Å²) in [5.74, 6) is 2.09. The van der Waals surface area contributed by atoms with Crippen molar-refractivity contribution in [3.63, 3.8) is 0 Å². The number of ether oxygens (including phenoxy) is 2. The van der Waals surface area contributed by atoms with Crippen molar-refractivity contribution in [1.29, 1.82) is 0 Å². The second-order valence-corrected chi connectivity index (χ2v) is 6.40. The molecule has 0 radical (unpaired) electrons. The Bertz CT molecular complexity index is 534. The fraction of sp³-hybridized carbons (Fsp3) is 0.588. The lowest BCUT2D eigenvalue weighted by atomic mass is 9.86. The first kappa shape index (κ1) is 16.9. The van der Waals surface area contributed by atoms with E-state index in [2.05, 4.69) is 17.6 Å². The van der Waals surface area contributed by atoms with Gasteiger partial charge in [-0.2, -0.15) is 0 Å². The van der Waals surface area contributed by atoms with Crippen molar-refractivity contribution >= 4 is 23.0 Å². The average molecular weight is 322 g/mol. The predicted octanol–water partition coefficient (Wildman–Crippen LogP) is 3.88. The van der Waals surface area contributed by atoms with Crippen molar-refractivity contribution in [1.82, 2.24) is 5.32 Å². The van der Waals surface area contributed by atoms with Gasteiger partial charge in [-0.25, -0.2) is 0 Å². The summed E-state index contributed by atoms with van der Waals surface area (Å²) in [5, 5.41) is 7.42. The van der Waals surface area contributed by atoms with Crippen LogP contribution in [0, 0.1) is 12.8 Å². The molecule has 5 heteroatoms. The Labute approximate surface area is 138 Å². The van der Waals surface area contributed by atoms with E-state index in [1.807, 2.05) is 19.1 Å². The van der Waals surface area contributed by atoms with Crippen LogP contribution in [0.25, 0.3) is 0 Å². The summed E-state index contributed by atoms with van der Waals surface area (Å²) in [7, 11) is 3.28. The number of benzene rings is 1. The maximum Gasteiger partial charge on any atom is 0.171 e. The zero-order valence-electron chi connectivity index (χ0n) is 13.9. The molecule has 0 saturated heterocycles. The van der Waals surface area contributed by atoms with E-state index < -0.39 is 0 Å². The first-order valence-corrected chi connectivity index (χ1v) is 8.26. The number of thiocarbonyl (C=S) groups is 1. The molecule has 0 aliphatic heterocycles. The Morgan fingerprint density at radius 3 is 2.41 bits per heavy atom. The van der Waals surface area contributed by atoms with E-state index in [0.717, 1.165) is 17.0 Å². The van der Waals surface area contributed by atoms with E-state index in [9.17, 15) is 0 Å². The van der Waals surface area contributed by atoms with Gasteiger partial charge in [0.2, 0.25) is 0 Å². The van der Waals surface area contributed by atoms with Crippen LogP contribution in [-0.4, -0.2) is 25.4 Å². The minimum atomic E-state index is 0.467. The maximum absolute atomic E-state index is 5.48. The van der Waals surface area contributed by atoms with Gasteiger partial charge in [0, 0.05) is 17.8 Å². The molecule has 4 nitrogen and oxygen atoms in total. The van der Waals surface area contributed by atoms with Gasteiger partial charge in [0.25, 0.3) is 0 Å². The third-order valence-corrected chi connectivity index (χ3v) is 4.63. The Morgan fingerprint density at radius 1 is 1.14 bits per heavy atom. The van der Waals surface area contributed by atoms with Crippen LogP contribution in [-0.2, 0) is 0 Å². The van der Waals surface area contributed by atoms with Gasteiger partial charge in [-0.15, -0.1) is 0 Å². The second kappa shape index (κ2) is 7.68. The van der Waals surface area contributed by atoms with Crippen molar-refractivity contribution in [2.45, 2.75) is 45.6 Å². The standard InChI is InChI=1S/C17H26N2O2S/c1-11-7-5-6-8-13(11)18-17(22)19-14-10-16(21-4)15(20-3)9-12(14)2/h9-11,13H,5-8H2,1-4H3,(H2,18,19,22)/t11-,13+/m1/s1. The number of hydrogen-bond donors (Lipinski definition) is 2. The fourth-order valence-electron chi connectivity index (χ4n) is 2.97. The first-order chi connectivity index (χ1) is 10.5. The molecule has 0 spiro atoms. The van der Waals surface area contributed by atoms with Gasteiger partial charge in [0.05, 0.1) is 14.2 Å². The topological polar surface area (TPSA) is 42.5 Å². The summed E-state index contributed by atoms with van der Waals surface area (Å²) in [6.45, 7) is 4.32. The molecule has 0 unspecified atom stereocenters. The molecule has 1 aliphatic carbocycles. The zero-order chi connectivity index (χ0) is 16.1. The molecule has 122 valence electrons. The van der Waals surface area contributed by atoms with Crippen LogP contribution in [0.5, 0.6) is 11.5 Å². The number of nitrogens with one attached hydrogen (secondary N) is 2. The Morgan fingerprint density at radius 2 is 1.77 bits per heavy atom. The molecule has 0 aromatic heterocycles. The van der Waals surface area contributed by atoms with Crippen LogP contribution in [0.1, 0.15) is 38.2 Å². The highest BCUT2D eigenvalue weighted by atomic mass is 32.1. The highest BCUT2D eigenvalue weighted by Gasteiger charge is 2.22. The Hall–Kier alpha value is -1.49. The van der Waals surface area contributed by atoms with E-state index in [1.165, 1.54) is 25.7 Å². The van der Waals surface area contributed by atoms with E-state index in [1.54, 1.807) is 14.2 Å². The van der Waals surface area contributed by atoms with E-state index in [4.69, 9.17) is 21.7 Å². The fourth-order valence-corrected chi connectivity index (χ4v) is 3.23. The van der Waals surface area contributed by atoms with Gasteiger partial charge in [0.15, 0.2) is 16.6 Å². The van der Waals surface area contributed by atoms with Gasteiger partial charge < -0.3 is 20.1 Å². The maximum atomic E-state index is 5.48. The number of anilines is 1. The number of rotatable bonds is 4. The summed E-state index contributed by atoms with van der Waals surface area (Å²) >= 11 is 5.48. The normalized spacial score (nSPS) is 21.1.